The Morgan fingerprint density at radius 3 is 2.47 bits per heavy atom. The molecule has 3 nitrogen and oxygen atoms in total. The van der Waals surface area contributed by atoms with Crippen molar-refractivity contribution in [3.8, 4) is 0 Å². The lowest BCUT2D eigenvalue weighted by molar-refractivity contribution is 0.595. The molecule has 0 aromatic rings. The van der Waals surface area contributed by atoms with E-state index in [0.29, 0.717) is 0 Å². The fourth-order valence-electron chi connectivity index (χ4n) is 1.33. The van der Waals surface area contributed by atoms with Gasteiger partial charge in [0.05, 0.1) is 11.4 Å². The summed E-state index contributed by atoms with van der Waals surface area (Å²) in [7, 11) is 0. The summed E-state index contributed by atoms with van der Waals surface area (Å²) in [5.41, 5.74) is 5.57. The van der Waals surface area contributed by atoms with Crippen LogP contribution in [0.25, 0.3) is 0 Å². The first kappa shape index (κ1) is 11.4. The van der Waals surface area contributed by atoms with Crippen LogP contribution in [0.2, 0.25) is 0 Å². The lowest BCUT2D eigenvalue weighted by Crippen LogP contribution is -2.26. The molecule has 1 rings (SSSR count). The average molecular weight is 203 g/mol. The number of hydrogen-bond donors (Lipinski definition) is 1. The van der Waals surface area contributed by atoms with Crippen LogP contribution >= 0.6 is 0 Å². The number of nitrogens with zero attached hydrogens (tertiary/aromatic N) is 2. The van der Waals surface area contributed by atoms with Crippen molar-refractivity contribution >= 4 is 11.4 Å². The second-order valence-electron chi connectivity index (χ2n) is 4.30. The van der Waals surface area contributed by atoms with Crippen molar-refractivity contribution in [3.63, 3.8) is 0 Å². The lowest BCUT2D eigenvalue weighted by Gasteiger charge is -2.17. The summed E-state index contributed by atoms with van der Waals surface area (Å²) in [4.78, 5) is 4.24. The maximum absolute atomic E-state index is 4.28. The van der Waals surface area contributed by atoms with E-state index in [-0.39, 0.29) is 5.41 Å². The molecule has 0 fully saturated rings. The fraction of sp³-hybridized carbons (Fsp3) is 0.333. The number of hydrazone groups is 1. The van der Waals surface area contributed by atoms with Gasteiger partial charge in [-0.25, -0.2) is 0 Å². The van der Waals surface area contributed by atoms with E-state index in [1.807, 2.05) is 6.08 Å². The molecule has 1 heterocycles. The van der Waals surface area contributed by atoms with Gasteiger partial charge < -0.3 is 0 Å². The molecular weight excluding hydrogens is 186 g/mol. The molecule has 15 heavy (non-hydrogen) atoms. The molecular formula is C12H17N3. The van der Waals surface area contributed by atoms with Crippen LogP contribution in [0.15, 0.2) is 47.3 Å². The predicted octanol–water partition coefficient (Wildman–Crippen LogP) is 2.65. The van der Waals surface area contributed by atoms with Gasteiger partial charge in [0.15, 0.2) is 0 Å². The fourth-order valence-corrected chi connectivity index (χ4v) is 1.33. The minimum Gasteiger partial charge on any atom is -0.276 e. The summed E-state index contributed by atoms with van der Waals surface area (Å²) < 4.78 is 0. The Bertz CT molecular complexity index is 365. The molecule has 0 aromatic heterocycles. The highest BCUT2D eigenvalue weighted by atomic mass is 15.3. The van der Waals surface area contributed by atoms with Crippen LogP contribution in [0.4, 0.5) is 0 Å². The molecule has 0 unspecified atom stereocenters. The van der Waals surface area contributed by atoms with Gasteiger partial charge in [-0.15, -0.1) is 0 Å². The molecule has 0 saturated carbocycles. The Balaban J connectivity index is 3.14. The number of hydrogen-bond acceptors (Lipinski definition) is 3. The van der Waals surface area contributed by atoms with Gasteiger partial charge in [0.2, 0.25) is 0 Å². The number of rotatable bonds is 2. The molecule has 80 valence electrons. The minimum atomic E-state index is -0.0361. The highest BCUT2D eigenvalue weighted by Gasteiger charge is 2.30. The lowest BCUT2D eigenvalue weighted by atomic mass is 9.86. The molecule has 0 amide bonds. The van der Waals surface area contributed by atoms with Crippen molar-refractivity contribution in [1.29, 1.82) is 0 Å². The maximum atomic E-state index is 4.28. The Hall–Kier alpha value is -1.64. The third-order valence-corrected chi connectivity index (χ3v) is 1.98. The van der Waals surface area contributed by atoms with Crippen LogP contribution in [-0.4, -0.2) is 11.4 Å². The minimum absolute atomic E-state index is 0.0361. The van der Waals surface area contributed by atoms with Crippen molar-refractivity contribution in [2.45, 2.75) is 20.8 Å². The van der Waals surface area contributed by atoms with Gasteiger partial charge in [0.1, 0.15) is 5.71 Å². The van der Waals surface area contributed by atoms with Crippen LogP contribution in [0.1, 0.15) is 20.8 Å². The Labute approximate surface area is 91.0 Å². The van der Waals surface area contributed by atoms with Crippen molar-refractivity contribution in [2.24, 2.45) is 15.5 Å². The van der Waals surface area contributed by atoms with E-state index in [0.717, 1.165) is 17.1 Å². The monoisotopic (exact) mass is 203 g/mol. The van der Waals surface area contributed by atoms with E-state index in [2.05, 4.69) is 49.4 Å². The molecule has 0 spiro atoms. The number of allylic oxidation sites excluding steroid dienone is 3. The summed E-state index contributed by atoms with van der Waals surface area (Å²) in [5.74, 6) is 0. The summed E-state index contributed by atoms with van der Waals surface area (Å²) >= 11 is 0. The van der Waals surface area contributed by atoms with Gasteiger partial charge in [-0.3, -0.25) is 10.4 Å². The van der Waals surface area contributed by atoms with Gasteiger partial charge in [-0.2, -0.15) is 5.10 Å². The zero-order valence-electron chi connectivity index (χ0n) is 9.54. The first-order chi connectivity index (χ1) is 7.00. The quantitative estimate of drug-likeness (QED) is 0.736. The summed E-state index contributed by atoms with van der Waals surface area (Å²) in [6.07, 6.45) is 5.09. The third-order valence-electron chi connectivity index (χ3n) is 1.98. The average Bonchev–Trinajstić information content (AvgIpc) is 2.49. The molecule has 0 atom stereocenters. The van der Waals surface area contributed by atoms with Gasteiger partial charge in [-0.1, -0.05) is 40.0 Å². The molecule has 0 saturated heterocycles. The second-order valence-corrected chi connectivity index (χ2v) is 4.30. The van der Waals surface area contributed by atoms with Crippen molar-refractivity contribution in [3.05, 3.63) is 37.2 Å². The Morgan fingerprint density at radius 1 is 1.33 bits per heavy atom. The summed E-state index contributed by atoms with van der Waals surface area (Å²) in [6.45, 7) is 13.6. The molecule has 0 radical (unpaired) electrons. The molecule has 0 aromatic carbocycles. The van der Waals surface area contributed by atoms with E-state index < -0.39 is 0 Å². The zero-order chi connectivity index (χ0) is 11.5. The van der Waals surface area contributed by atoms with Crippen LogP contribution in [-0.2, 0) is 0 Å². The SMILES string of the molecule is C=C/C=C1/NN=C(C(C)(C)C)/C1=N/C=C. The van der Waals surface area contributed by atoms with Gasteiger partial charge in [0.25, 0.3) is 0 Å². The van der Waals surface area contributed by atoms with E-state index in [1.165, 1.54) is 6.20 Å². The Kier molecular flexibility index (Phi) is 3.24. The first-order valence-electron chi connectivity index (χ1n) is 4.87. The smallest absolute Gasteiger partial charge is 0.112 e. The first-order valence-corrected chi connectivity index (χ1v) is 4.87. The van der Waals surface area contributed by atoms with Crippen LogP contribution in [0.3, 0.4) is 0 Å². The molecule has 1 N–H and O–H groups in total. The highest BCUT2D eigenvalue weighted by Crippen LogP contribution is 2.22. The highest BCUT2D eigenvalue weighted by molar-refractivity contribution is 6.51. The third kappa shape index (κ3) is 2.43. The molecule has 0 aliphatic carbocycles. The van der Waals surface area contributed by atoms with Crippen LogP contribution < -0.4 is 5.43 Å². The van der Waals surface area contributed by atoms with Gasteiger partial charge in [-0.05, 0) is 6.08 Å². The largest absolute Gasteiger partial charge is 0.276 e. The topological polar surface area (TPSA) is 36.8 Å². The van der Waals surface area contributed by atoms with Crippen LogP contribution in [0.5, 0.6) is 0 Å². The van der Waals surface area contributed by atoms with Gasteiger partial charge >= 0.3 is 0 Å². The van der Waals surface area contributed by atoms with Gasteiger partial charge in [0, 0.05) is 11.6 Å². The zero-order valence-corrected chi connectivity index (χ0v) is 9.54. The predicted molar refractivity (Wildman–Crippen MR) is 65.9 cm³/mol. The van der Waals surface area contributed by atoms with E-state index >= 15 is 0 Å². The van der Waals surface area contributed by atoms with Crippen molar-refractivity contribution in [1.82, 2.24) is 5.43 Å². The Morgan fingerprint density at radius 2 is 2.00 bits per heavy atom. The van der Waals surface area contributed by atoms with Crippen molar-refractivity contribution < 1.29 is 0 Å². The standard InChI is InChI=1S/C12H17N3/c1-6-8-9-10(13-7-2)11(15-14-9)12(3,4)5/h6-8,14H,1-2H2,3-5H3/b9-8+,13-10+. The molecule has 0 bridgehead atoms. The van der Waals surface area contributed by atoms with E-state index in [4.69, 9.17) is 0 Å². The second kappa shape index (κ2) is 4.26. The number of nitrogens with one attached hydrogen (secondary N) is 1. The van der Waals surface area contributed by atoms with E-state index in [1.54, 1.807) is 6.08 Å². The van der Waals surface area contributed by atoms with E-state index in [9.17, 15) is 0 Å². The number of aliphatic imine (C=N–C) groups is 1. The van der Waals surface area contributed by atoms with Crippen LogP contribution in [0, 0.1) is 5.41 Å². The summed E-state index contributed by atoms with van der Waals surface area (Å²) in [5, 5.41) is 4.28. The summed E-state index contributed by atoms with van der Waals surface area (Å²) in [6, 6.07) is 0. The normalized spacial score (nSPS) is 21.4. The molecule has 1 aliphatic heterocycles. The molecule has 3 heteroatoms. The molecule has 1 aliphatic rings. The maximum Gasteiger partial charge on any atom is 0.112 e. The van der Waals surface area contributed by atoms with Crippen molar-refractivity contribution in [2.75, 3.05) is 0 Å².